The van der Waals surface area contributed by atoms with E-state index in [1.165, 1.54) is 0 Å². The molecule has 1 aromatic carbocycles. The lowest BCUT2D eigenvalue weighted by molar-refractivity contribution is 0.0727. The molecule has 0 unspecified atom stereocenters. The lowest BCUT2D eigenvalue weighted by Crippen LogP contribution is -2.47. The van der Waals surface area contributed by atoms with Crippen LogP contribution < -0.4 is 4.90 Å². The molecule has 4 heteroatoms. The zero-order chi connectivity index (χ0) is 10.7. The first-order valence-electron chi connectivity index (χ1n) is 5.05. The van der Waals surface area contributed by atoms with Crippen molar-refractivity contribution in [3.8, 4) is 0 Å². The standard InChI is InChI=1S/C11H15NO2S/c13-7-10-8-14-6-5-12(10)9-1-3-11(15)4-2-9/h1-4,10,13,15H,5-8H2/t10-/m1/s1. The summed E-state index contributed by atoms with van der Waals surface area (Å²) >= 11 is 4.25. The normalized spacial score (nSPS) is 21.7. The van der Waals surface area contributed by atoms with Gasteiger partial charge in [-0.05, 0) is 24.3 Å². The van der Waals surface area contributed by atoms with E-state index >= 15 is 0 Å². The van der Waals surface area contributed by atoms with Crippen LogP contribution in [-0.2, 0) is 4.74 Å². The van der Waals surface area contributed by atoms with Gasteiger partial charge in [-0.25, -0.2) is 0 Å². The summed E-state index contributed by atoms with van der Waals surface area (Å²) < 4.78 is 5.33. The number of aliphatic hydroxyl groups is 1. The van der Waals surface area contributed by atoms with E-state index in [0.717, 1.165) is 23.7 Å². The van der Waals surface area contributed by atoms with Crippen molar-refractivity contribution in [1.29, 1.82) is 0 Å². The number of aliphatic hydroxyl groups excluding tert-OH is 1. The van der Waals surface area contributed by atoms with Gasteiger partial charge in [0, 0.05) is 17.1 Å². The molecular formula is C11H15NO2S. The average molecular weight is 225 g/mol. The third kappa shape index (κ3) is 2.45. The van der Waals surface area contributed by atoms with Crippen molar-refractivity contribution >= 4 is 18.3 Å². The maximum absolute atomic E-state index is 9.24. The van der Waals surface area contributed by atoms with Crippen LogP contribution in [-0.4, -0.2) is 37.5 Å². The molecular weight excluding hydrogens is 210 g/mol. The Kier molecular flexibility index (Phi) is 3.51. The number of ether oxygens (including phenoxy) is 1. The summed E-state index contributed by atoms with van der Waals surface area (Å²) in [6.07, 6.45) is 0. The van der Waals surface area contributed by atoms with E-state index < -0.39 is 0 Å². The molecule has 0 radical (unpaired) electrons. The molecule has 2 rings (SSSR count). The van der Waals surface area contributed by atoms with Crippen LogP contribution in [0.1, 0.15) is 0 Å². The van der Waals surface area contributed by atoms with Crippen LogP contribution in [0, 0.1) is 0 Å². The van der Waals surface area contributed by atoms with Gasteiger partial charge >= 0.3 is 0 Å². The van der Waals surface area contributed by atoms with Crippen LogP contribution >= 0.6 is 12.6 Å². The molecule has 1 atom stereocenters. The van der Waals surface area contributed by atoms with Gasteiger partial charge in [-0.3, -0.25) is 0 Å². The average Bonchev–Trinajstić information content (AvgIpc) is 2.30. The van der Waals surface area contributed by atoms with Gasteiger partial charge in [-0.15, -0.1) is 12.6 Å². The Bertz CT molecular complexity index is 315. The molecule has 15 heavy (non-hydrogen) atoms. The first-order chi connectivity index (χ1) is 7.31. The molecule has 1 heterocycles. The van der Waals surface area contributed by atoms with Crippen LogP contribution in [0.15, 0.2) is 29.2 Å². The van der Waals surface area contributed by atoms with Crippen molar-refractivity contribution in [2.75, 3.05) is 31.3 Å². The molecule has 1 aliphatic rings. The fourth-order valence-corrected chi connectivity index (χ4v) is 1.94. The molecule has 0 bridgehead atoms. The first kappa shape index (κ1) is 10.8. The van der Waals surface area contributed by atoms with Crippen molar-refractivity contribution in [2.24, 2.45) is 0 Å². The molecule has 1 fully saturated rings. The van der Waals surface area contributed by atoms with Crippen LogP contribution in [0.2, 0.25) is 0 Å². The molecule has 1 aliphatic heterocycles. The Morgan fingerprint density at radius 1 is 1.40 bits per heavy atom. The summed E-state index contributed by atoms with van der Waals surface area (Å²) in [6.45, 7) is 2.28. The number of rotatable bonds is 2. The minimum atomic E-state index is 0.0736. The smallest absolute Gasteiger partial charge is 0.0755 e. The predicted molar refractivity (Wildman–Crippen MR) is 62.7 cm³/mol. The van der Waals surface area contributed by atoms with Crippen LogP contribution in [0.3, 0.4) is 0 Å². The highest BCUT2D eigenvalue weighted by Crippen LogP contribution is 2.21. The lowest BCUT2D eigenvalue weighted by atomic mass is 10.2. The van der Waals surface area contributed by atoms with E-state index in [-0.39, 0.29) is 12.6 Å². The monoisotopic (exact) mass is 225 g/mol. The molecule has 0 aromatic heterocycles. The highest BCUT2D eigenvalue weighted by Gasteiger charge is 2.22. The maximum atomic E-state index is 9.24. The highest BCUT2D eigenvalue weighted by atomic mass is 32.1. The Morgan fingerprint density at radius 3 is 2.80 bits per heavy atom. The fourth-order valence-electron chi connectivity index (χ4n) is 1.79. The second-order valence-corrected chi connectivity index (χ2v) is 4.14. The number of benzene rings is 1. The number of hydrogen-bond acceptors (Lipinski definition) is 4. The van der Waals surface area contributed by atoms with Crippen molar-refractivity contribution in [3.05, 3.63) is 24.3 Å². The highest BCUT2D eigenvalue weighted by molar-refractivity contribution is 7.80. The number of hydrogen-bond donors (Lipinski definition) is 2. The third-order valence-electron chi connectivity index (χ3n) is 2.62. The van der Waals surface area contributed by atoms with Gasteiger partial charge in [-0.1, -0.05) is 0 Å². The largest absolute Gasteiger partial charge is 0.394 e. The van der Waals surface area contributed by atoms with Gasteiger partial charge in [0.05, 0.1) is 25.9 Å². The van der Waals surface area contributed by atoms with Crippen LogP contribution in [0.5, 0.6) is 0 Å². The van der Waals surface area contributed by atoms with E-state index in [1.54, 1.807) is 0 Å². The van der Waals surface area contributed by atoms with Crippen molar-refractivity contribution in [2.45, 2.75) is 10.9 Å². The summed E-state index contributed by atoms with van der Waals surface area (Å²) in [5.41, 5.74) is 1.12. The summed E-state index contributed by atoms with van der Waals surface area (Å²) in [7, 11) is 0. The minimum absolute atomic E-state index is 0.0736. The molecule has 82 valence electrons. The number of nitrogens with zero attached hydrogens (tertiary/aromatic N) is 1. The van der Waals surface area contributed by atoms with E-state index in [0.29, 0.717) is 6.61 Å². The molecule has 0 aliphatic carbocycles. The molecule has 3 nitrogen and oxygen atoms in total. The summed E-state index contributed by atoms with van der Waals surface area (Å²) in [5, 5.41) is 9.24. The number of thiol groups is 1. The molecule has 1 aromatic rings. The first-order valence-corrected chi connectivity index (χ1v) is 5.50. The Morgan fingerprint density at radius 2 is 2.13 bits per heavy atom. The topological polar surface area (TPSA) is 32.7 Å². The third-order valence-corrected chi connectivity index (χ3v) is 2.92. The number of anilines is 1. The predicted octanol–water partition coefficient (Wildman–Crippen LogP) is 1.17. The lowest BCUT2D eigenvalue weighted by Gasteiger charge is -2.36. The summed E-state index contributed by atoms with van der Waals surface area (Å²) in [4.78, 5) is 3.13. The van der Waals surface area contributed by atoms with E-state index in [2.05, 4.69) is 17.5 Å². The molecule has 0 spiro atoms. The zero-order valence-corrected chi connectivity index (χ0v) is 9.36. The van der Waals surface area contributed by atoms with Crippen LogP contribution in [0.25, 0.3) is 0 Å². The molecule has 1 N–H and O–H groups in total. The Hall–Kier alpha value is -0.710. The van der Waals surface area contributed by atoms with Gasteiger partial charge in [0.1, 0.15) is 0 Å². The SMILES string of the molecule is OC[C@@H]1COCCN1c1ccc(S)cc1. The van der Waals surface area contributed by atoms with Gasteiger partial charge in [0.15, 0.2) is 0 Å². The van der Waals surface area contributed by atoms with E-state index in [9.17, 15) is 5.11 Å². The minimum Gasteiger partial charge on any atom is -0.394 e. The van der Waals surface area contributed by atoms with Gasteiger partial charge < -0.3 is 14.7 Å². The maximum Gasteiger partial charge on any atom is 0.0755 e. The zero-order valence-electron chi connectivity index (χ0n) is 8.47. The molecule has 1 saturated heterocycles. The van der Waals surface area contributed by atoms with Gasteiger partial charge in [0.2, 0.25) is 0 Å². The Labute approximate surface area is 95.1 Å². The van der Waals surface area contributed by atoms with E-state index in [1.807, 2.05) is 24.3 Å². The van der Waals surface area contributed by atoms with E-state index in [4.69, 9.17) is 4.74 Å². The van der Waals surface area contributed by atoms with Crippen LogP contribution in [0.4, 0.5) is 5.69 Å². The molecule has 0 amide bonds. The number of morpholine rings is 1. The van der Waals surface area contributed by atoms with Crippen molar-refractivity contribution < 1.29 is 9.84 Å². The Balaban J connectivity index is 2.16. The summed E-state index contributed by atoms with van der Waals surface area (Å²) in [5.74, 6) is 0. The van der Waals surface area contributed by atoms with Gasteiger partial charge in [0.25, 0.3) is 0 Å². The fraction of sp³-hybridized carbons (Fsp3) is 0.455. The van der Waals surface area contributed by atoms with Crippen molar-refractivity contribution in [1.82, 2.24) is 0 Å². The summed E-state index contributed by atoms with van der Waals surface area (Å²) in [6, 6.07) is 8.04. The quantitative estimate of drug-likeness (QED) is 0.741. The second-order valence-electron chi connectivity index (χ2n) is 3.62. The van der Waals surface area contributed by atoms with Gasteiger partial charge in [-0.2, -0.15) is 0 Å². The second kappa shape index (κ2) is 4.88. The molecule has 0 saturated carbocycles. The van der Waals surface area contributed by atoms with Crippen molar-refractivity contribution in [3.63, 3.8) is 0 Å².